The number of rotatable bonds is 9. The number of aromatic nitrogens is 1. The maximum Gasteiger partial charge on any atom is 0.439 e. The topological polar surface area (TPSA) is 97.8 Å². The third kappa shape index (κ3) is 8.62. The molecular weight excluding hydrogens is 539 g/mol. The van der Waals surface area contributed by atoms with E-state index in [1.165, 1.54) is 0 Å². The monoisotopic (exact) mass is 571 g/mol. The Balaban J connectivity index is 1.88. The minimum atomic E-state index is -4.73. The minimum absolute atomic E-state index is 0.0281. The summed E-state index contributed by atoms with van der Waals surface area (Å²) < 4.78 is 45.9. The van der Waals surface area contributed by atoms with Gasteiger partial charge in [-0.1, -0.05) is 25.1 Å². The second-order valence-corrected chi connectivity index (χ2v) is 10.0. The van der Waals surface area contributed by atoms with Crippen molar-refractivity contribution in [2.24, 2.45) is 0 Å². The second kappa shape index (κ2) is 12.9. The molecule has 11 heteroatoms. The zero-order chi connectivity index (χ0) is 30.4. The number of amides is 2. The van der Waals surface area contributed by atoms with Crippen molar-refractivity contribution in [1.82, 2.24) is 4.98 Å². The fraction of sp³-hybridized carbons (Fsp3) is 0.333. The number of aryl methyl sites for hydroxylation is 1. The van der Waals surface area contributed by atoms with Crippen LogP contribution in [0.5, 0.6) is 0 Å². The summed E-state index contributed by atoms with van der Waals surface area (Å²) in [6, 6.07) is 12.8. The van der Waals surface area contributed by atoms with Crippen LogP contribution in [0.1, 0.15) is 62.7 Å². The summed E-state index contributed by atoms with van der Waals surface area (Å²) in [5.41, 5.74) is 0.151. The van der Waals surface area contributed by atoms with Gasteiger partial charge in [-0.15, -0.1) is 0 Å². The van der Waals surface area contributed by atoms with Crippen molar-refractivity contribution < 1.29 is 37.1 Å². The van der Waals surface area contributed by atoms with Gasteiger partial charge in [0.05, 0.1) is 30.0 Å². The van der Waals surface area contributed by atoms with E-state index in [-0.39, 0.29) is 23.5 Å². The van der Waals surface area contributed by atoms with Crippen molar-refractivity contribution in [3.05, 3.63) is 77.6 Å². The van der Waals surface area contributed by atoms with Crippen molar-refractivity contribution in [3.8, 4) is 11.1 Å². The molecule has 0 atom stereocenters. The average Bonchev–Trinajstić information content (AvgIpc) is 2.90. The number of anilines is 2. The van der Waals surface area contributed by atoms with E-state index in [9.17, 15) is 27.6 Å². The molecule has 1 heterocycles. The number of hydrogen-bond acceptors (Lipinski definition) is 6. The van der Waals surface area contributed by atoms with E-state index in [4.69, 9.17) is 9.57 Å². The first-order valence-corrected chi connectivity index (χ1v) is 13.0. The maximum absolute atomic E-state index is 13.5. The molecular formula is C30H32F3N3O5. The van der Waals surface area contributed by atoms with E-state index in [1.807, 2.05) is 19.1 Å². The van der Waals surface area contributed by atoms with Crippen molar-refractivity contribution in [2.45, 2.75) is 59.2 Å². The smallest absolute Gasteiger partial charge is 0.439 e. The lowest BCUT2D eigenvalue weighted by atomic mass is 10.00. The normalized spacial score (nSPS) is 11.6. The Bertz CT molecular complexity index is 1420. The lowest BCUT2D eigenvalue weighted by Crippen LogP contribution is -2.37. The van der Waals surface area contributed by atoms with Gasteiger partial charge in [0.2, 0.25) is 5.91 Å². The third-order valence-electron chi connectivity index (χ3n) is 5.65. The van der Waals surface area contributed by atoms with Crippen molar-refractivity contribution >= 4 is 29.2 Å². The van der Waals surface area contributed by atoms with E-state index >= 15 is 0 Å². The highest BCUT2D eigenvalue weighted by atomic mass is 19.4. The third-order valence-corrected chi connectivity index (χ3v) is 5.65. The fourth-order valence-corrected chi connectivity index (χ4v) is 3.81. The van der Waals surface area contributed by atoms with Gasteiger partial charge in [0.1, 0.15) is 5.60 Å². The summed E-state index contributed by atoms with van der Waals surface area (Å²) in [6.07, 6.45) is -3.98. The first-order valence-electron chi connectivity index (χ1n) is 13.0. The summed E-state index contributed by atoms with van der Waals surface area (Å²) in [6.45, 7) is 8.36. The van der Waals surface area contributed by atoms with Crippen LogP contribution in [0.4, 0.5) is 29.3 Å². The van der Waals surface area contributed by atoms with Gasteiger partial charge in [-0.3, -0.25) is 19.4 Å². The number of hydroxylamine groups is 1. The summed E-state index contributed by atoms with van der Waals surface area (Å²) >= 11 is 0. The minimum Gasteiger partial charge on any atom is -0.442 e. The zero-order valence-electron chi connectivity index (χ0n) is 23.5. The number of hydrogen-bond donors (Lipinski definition) is 1. The molecule has 218 valence electrons. The van der Waals surface area contributed by atoms with Crippen LogP contribution in [0.25, 0.3) is 11.1 Å². The lowest BCUT2D eigenvalue weighted by molar-refractivity contribution is -0.137. The summed E-state index contributed by atoms with van der Waals surface area (Å²) in [5.74, 6) is -1.42. The molecule has 2 amide bonds. The van der Waals surface area contributed by atoms with Gasteiger partial charge in [-0.2, -0.15) is 18.2 Å². The van der Waals surface area contributed by atoms with E-state index in [1.54, 1.807) is 58.2 Å². The molecule has 0 fully saturated rings. The van der Waals surface area contributed by atoms with E-state index in [0.717, 1.165) is 35.4 Å². The van der Waals surface area contributed by atoms with Crippen LogP contribution in [-0.2, 0) is 27.0 Å². The molecule has 41 heavy (non-hydrogen) atoms. The van der Waals surface area contributed by atoms with Gasteiger partial charge >= 0.3 is 12.3 Å². The summed E-state index contributed by atoms with van der Waals surface area (Å²) in [4.78, 5) is 48.4. The van der Waals surface area contributed by atoms with Crippen LogP contribution in [0.3, 0.4) is 0 Å². The Hall–Kier alpha value is -4.25. The van der Waals surface area contributed by atoms with E-state index in [2.05, 4.69) is 10.3 Å². The number of halogens is 3. The Labute approximate surface area is 236 Å². The molecule has 0 spiro atoms. The van der Waals surface area contributed by atoms with Gasteiger partial charge in [0.15, 0.2) is 5.78 Å². The molecule has 1 aromatic heterocycles. The number of alkyl halides is 3. The first kappa shape index (κ1) is 31.3. The predicted molar refractivity (Wildman–Crippen MR) is 148 cm³/mol. The largest absolute Gasteiger partial charge is 0.442 e. The molecule has 0 radical (unpaired) electrons. The average molecular weight is 572 g/mol. The standard InChI is InChI=1S/C30H32F3N3O5/c1-6-23-16-20(13-14-34-23)19-9-8-10-21(15-19)26(37)18-27(38)35-24-17-22(30(31,32)33)11-12-25(24)36(40-7-2)28(39)41-29(3,4)5/h8-17H,6-7,18H2,1-5H3,(H,35,38). The number of nitrogens with zero attached hydrogens (tertiary/aromatic N) is 2. The van der Waals surface area contributed by atoms with Crippen molar-refractivity contribution in [1.29, 1.82) is 0 Å². The highest BCUT2D eigenvalue weighted by Crippen LogP contribution is 2.36. The van der Waals surface area contributed by atoms with Gasteiger partial charge < -0.3 is 10.1 Å². The molecule has 3 rings (SSSR count). The zero-order valence-corrected chi connectivity index (χ0v) is 23.5. The van der Waals surface area contributed by atoms with Crippen LogP contribution < -0.4 is 10.4 Å². The maximum atomic E-state index is 13.5. The number of benzene rings is 2. The van der Waals surface area contributed by atoms with Crippen LogP contribution >= 0.6 is 0 Å². The molecule has 8 nitrogen and oxygen atoms in total. The van der Waals surface area contributed by atoms with Crippen LogP contribution in [0, 0.1) is 0 Å². The van der Waals surface area contributed by atoms with E-state index in [0.29, 0.717) is 11.1 Å². The highest BCUT2D eigenvalue weighted by Gasteiger charge is 2.33. The van der Waals surface area contributed by atoms with Gasteiger partial charge in [0.25, 0.3) is 0 Å². The number of pyridine rings is 1. The van der Waals surface area contributed by atoms with Crippen LogP contribution in [0.15, 0.2) is 60.8 Å². The molecule has 0 unspecified atom stereocenters. The Morgan fingerprint density at radius 2 is 1.66 bits per heavy atom. The van der Waals surface area contributed by atoms with Crippen LogP contribution in [0.2, 0.25) is 0 Å². The van der Waals surface area contributed by atoms with Gasteiger partial charge in [0, 0.05) is 17.5 Å². The number of Topliss-reactive ketones (excluding diaryl/α,β-unsaturated/α-hetero) is 1. The number of ketones is 1. The van der Waals surface area contributed by atoms with Gasteiger partial charge in [-0.05, 0) is 81.6 Å². The van der Waals surface area contributed by atoms with E-state index < -0.39 is 41.5 Å². The lowest BCUT2D eigenvalue weighted by Gasteiger charge is -2.28. The predicted octanol–water partition coefficient (Wildman–Crippen LogP) is 7.23. The number of carbonyl (C=O) groups excluding carboxylic acids is 3. The molecule has 0 aliphatic rings. The quantitative estimate of drug-likeness (QED) is 0.165. The summed E-state index contributed by atoms with van der Waals surface area (Å²) in [5, 5.41) is 3.02. The second-order valence-electron chi connectivity index (χ2n) is 10.0. The molecule has 0 saturated carbocycles. The summed E-state index contributed by atoms with van der Waals surface area (Å²) in [7, 11) is 0. The Morgan fingerprint density at radius 3 is 2.29 bits per heavy atom. The fourth-order valence-electron chi connectivity index (χ4n) is 3.81. The molecule has 3 aromatic rings. The Morgan fingerprint density at radius 1 is 0.951 bits per heavy atom. The molecule has 0 aliphatic heterocycles. The van der Waals surface area contributed by atoms with Gasteiger partial charge in [-0.25, -0.2) is 4.79 Å². The number of nitrogens with one attached hydrogen (secondary N) is 1. The molecule has 1 N–H and O–H groups in total. The molecule has 0 saturated heterocycles. The highest BCUT2D eigenvalue weighted by molar-refractivity contribution is 6.12. The Kier molecular flexibility index (Phi) is 9.88. The molecule has 0 bridgehead atoms. The SMILES string of the molecule is CCON(C(=O)OC(C)(C)C)c1ccc(C(F)(F)F)cc1NC(=O)CC(=O)c1cccc(-c2ccnc(CC)c2)c1. The number of carbonyl (C=O) groups is 3. The first-order chi connectivity index (χ1) is 19.2. The van der Waals surface area contributed by atoms with Crippen LogP contribution in [-0.4, -0.2) is 35.0 Å². The molecule has 2 aromatic carbocycles. The number of ether oxygens (including phenoxy) is 1. The van der Waals surface area contributed by atoms with Crippen molar-refractivity contribution in [3.63, 3.8) is 0 Å². The molecule has 0 aliphatic carbocycles. The van der Waals surface area contributed by atoms with Crippen molar-refractivity contribution in [2.75, 3.05) is 17.0 Å².